The van der Waals surface area contributed by atoms with Crippen LogP contribution >= 0.6 is 11.3 Å². The summed E-state index contributed by atoms with van der Waals surface area (Å²) in [5, 5.41) is 3.48. The Balaban J connectivity index is 2.36. The first kappa shape index (κ1) is 8.92. The van der Waals surface area contributed by atoms with Gasteiger partial charge in [0.1, 0.15) is 0 Å². The van der Waals surface area contributed by atoms with Crippen LogP contribution in [0.15, 0.2) is 17.6 Å². The fourth-order valence-electron chi connectivity index (χ4n) is 2.11. The van der Waals surface area contributed by atoms with E-state index in [1.807, 2.05) is 5.51 Å². The summed E-state index contributed by atoms with van der Waals surface area (Å²) in [4.78, 5) is 5.82. The van der Waals surface area contributed by atoms with E-state index < -0.39 is 0 Å². The lowest BCUT2D eigenvalue weighted by molar-refractivity contribution is 1.13. The van der Waals surface area contributed by atoms with Crippen molar-refractivity contribution in [2.24, 2.45) is 0 Å². The van der Waals surface area contributed by atoms with Gasteiger partial charge in [-0.1, -0.05) is 12.1 Å². The largest absolute Gasteiger partial charge is 0.379 e. The average Bonchev–Trinajstić information content (AvgIpc) is 2.70. The third-order valence-electron chi connectivity index (χ3n) is 2.93. The van der Waals surface area contributed by atoms with Crippen molar-refractivity contribution in [2.45, 2.75) is 20.4 Å². The predicted octanol–water partition coefficient (Wildman–Crippen LogP) is 3.35. The van der Waals surface area contributed by atoms with Gasteiger partial charge in [-0.15, -0.1) is 11.3 Å². The summed E-state index contributed by atoms with van der Waals surface area (Å²) < 4.78 is 0. The molecule has 0 unspecified atom stereocenters. The van der Waals surface area contributed by atoms with Gasteiger partial charge in [0.2, 0.25) is 0 Å². The molecule has 0 radical (unpaired) electrons. The summed E-state index contributed by atoms with van der Waals surface area (Å²) in [5.74, 6) is 0. The molecule has 0 aliphatic carbocycles. The van der Waals surface area contributed by atoms with Crippen molar-refractivity contribution < 1.29 is 0 Å². The lowest BCUT2D eigenvalue weighted by atomic mass is 9.96. The van der Waals surface area contributed by atoms with Crippen molar-refractivity contribution in [3.05, 3.63) is 33.6 Å². The minimum absolute atomic E-state index is 0.914. The SMILES string of the molecule is Cc1ccc(C)c2c1NCc1scnc1-2. The first-order chi connectivity index (χ1) is 7.27. The van der Waals surface area contributed by atoms with Gasteiger partial charge in [0.15, 0.2) is 0 Å². The second-order valence-corrected chi connectivity index (χ2v) is 4.87. The van der Waals surface area contributed by atoms with Crippen LogP contribution in [0.25, 0.3) is 11.3 Å². The van der Waals surface area contributed by atoms with Gasteiger partial charge < -0.3 is 5.32 Å². The summed E-state index contributed by atoms with van der Waals surface area (Å²) in [6.45, 7) is 5.20. The number of rotatable bonds is 0. The molecule has 2 heterocycles. The minimum Gasteiger partial charge on any atom is -0.379 e. The van der Waals surface area contributed by atoms with Crippen LogP contribution < -0.4 is 5.32 Å². The Kier molecular flexibility index (Phi) is 1.83. The van der Waals surface area contributed by atoms with E-state index in [9.17, 15) is 0 Å². The summed E-state index contributed by atoms with van der Waals surface area (Å²) in [6.07, 6.45) is 0. The van der Waals surface area contributed by atoms with Gasteiger partial charge in [-0.2, -0.15) is 0 Å². The predicted molar refractivity (Wildman–Crippen MR) is 64.4 cm³/mol. The highest BCUT2D eigenvalue weighted by molar-refractivity contribution is 7.10. The third kappa shape index (κ3) is 1.20. The van der Waals surface area contributed by atoms with Crippen LogP contribution in [0.1, 0.15) is 16.0 Å². The summed E-state index contributed by atoms with van der Waals surface area (Å²) in [6, 6.07) is 4.34. The standard InChI is InChI=1S/C12H12N2S/c1-7-3-4-8(2)11-10(7)12-9(5-13-11)15-6-14-12/h3-4,6,13H,5H2,1-2H3. The van der Waals surface area contributed by atoms with Gasteiger partial charge in [-0.3, -0.25) is 0 Å². The highest BCUT2D eigenvalue weighted by Gasteiger charge is 2.20. The van der Waals surface area contributed by atoms with E-state index in [2.05, 4.69) is 36.3 Å². The molecule has 1 aromatic heterocycles. The smallest absolute Gasteiger partial charge is 0.0884 e. The first-order valence-electron chi connectivity index (χ1n) is 5.04. The summed E-state index contributed by atoms with van der Waals surface area (Å²) in [7, 11) is 0. The number of benzene rings is 1. The molecule has 0 saturated carbocycles. The maximum Gasteiger partial charge on any atom is 0.0884 e. The molecule has 0 amide bonds. The number of nitrogens with zero attached hydrogens (tertiary/aromatic N) is 1. The fraction of sp³-hybridized carbons (Fsp3) is 0.250. The fourth-order valence-corrected chi connectivity index (χ4v) is 2.82. The normalized spacial score (nSPS) is 12.9. The number of hydrogen-bond acceptors (Lipinski definition) is 3. The van der Waals surface area contributed by atoms with Crippen molar-refractivity contribution in [1.82, 2.24) is 4.98 Å². The quantitative estimate of drug-likeness (QED) is 0.730. The number of aryl methyl sites for hydroxylation is 2. The molecule has 1 aliphatic rings. The molecular weight excluding hydrogens is 204 g/mol. The zero-order chi connectivity index (χ0) is 10.4. The van der Waals surface area contributed by atoms with E-state index >= 15 is 0 Å². The number of fused-ring (bicyclic) bond motifs is 3. The Morgan fingerprint density at radius 3 is 2.93 bits per heavy atom. The zero-order valence-electron chi connectivity index (χ0n) is 8.79. The molecule has 1 aliphatic heterocycles. The molecule has 0 spiro atoms. The maximum atomic E-state index is 4.48. The summed E-state index contributed by atoms with van der Waals surface area (Å²) in [5.41, 5.74) is 8.26. The Hall–Kier alpha value is -1.35. The van der Waals surface area contributed by atoms with E-state index in [-0.39, 0.29) is 0 Å². The Labute approximate surface area is 93.0 Å². The van der Waals surface area contributed by atoms with Crippen LogP contribution in [0.3, 0.4) is 0 Å². The number of hydrogen-bond donors (Lipinski definition) is 1. The average molecular weight is 216 g/mol. The van der Waals surface area contributed by atoms with Crippen LogP contribution in [-0.2, 0) is 6.54 Å². The van der Waals surface area contributed by atoms with Gasteiger partial charge in [-0.05, 0) is 25.0 Å². The Morgan fingerprint density at radius 2 is 2.07 bits per heavy atom. The van der Waals surface area contributed by atoms with Crippen molar-refractivity contribution in [1.29, 1.82) is 0 Å². The molecule has 3 rings (SSSR count). The molecule has 1 N–H and O–H groups in total. The monoisotopic (exact) mass is 216 g/mol. The highest BCUT2D eigenvalue weighted by atomic mass is 32.1. The minimum atomic E-state index is 0.914. The van der Waals surface area contributed by atoms with E-state index in [0.29, 0.717) is 0 Å². The number of thiazole rings is 1. The van der Waals surface area contributed by atoms with E-state index in [0.717, 1.165) is 6.54 Å². The van der Waals surface area contributed by atoms with Crippen LogP contribution in [-0.4, -0.2) is 4.98 Å². The molecule has 0 fully saturated rings. The topological polar surface area (TPSA) is 24.9 Å². The van der Waals surface area contributed by atoms with E-state index in [1.54, 1.807) is 11.3 Å². The van der Waals surface area contributed by atoms with Crippen molar-refractivity contribution in [3.63, 3.8) is 0 Å². The summed E-state index contributed by atoms with van der Waals surface area (Å²) >= 11 is 1.73. The van der Waals surface area contributed by atoms with E-state index in [4.69, 9.17) is 0 Å². The lowest BCUT2D eigenvalue weighted by Gasteiger charge is -2.21. The molecule has 0 bridgehead atoms. The molecule has 1 aromatic carbocycles. The number of anilines is 1. The van der Waals surface area contributed by atoms with Gasteiger partial charge in [-0.25, -0.2) is 4.98 Å². The van der Waals surface area contributed by atoms with Crippen molar-refractivity contribution >= 4 is 17.0 Å². The molecule has 76 valence electrons. The number of aromatic nitrogens is 1. The van der Waals surface area contributed by atoms with Crippen LogP contribution in [0.5, 0.6) is 0 Å². The van der Waals surface area contributed by atoms with Gasteiger partial charge in [0, 0.05) is 11.3 Å². The van der Waals surface area contributed by atoms with Gasteiger partial charge >= 0.3 is 0 Å². The van der Waals surface area contributed by atoms with Gasteiger partial charge in [0.05, 0.1) is 22.6 Å². The van der Waals surface area contributed by atoms with Crippen molar-refractivity contribution in [3.8, 4) is 11.3 Å². The van der Waals surface area contributed by atoms with Gasteiger partial charge in [0.25, 0.3) is 0 Å². The molecule has 3 heteroatoms. The lowest BCUT2D eigenvalue weighted by Crippen LogP contribution is -2.09. The first-order valence-corrected chi connectivity index (χ1v) is 5.92. The Morgan fingerprint density at radius 1 is 1.27 bits per heavy atom. The molecule has 15 heavy (non-hydrogen) atoms. The number of nitrogens with one attached hydrogen (secondary N) is 1. The third-order valence-corrected chi connectivity index (χ3v) is 3.76. The second kappa shape index (κ2) is 3.07. The second-order valence-electron chi connectivity index (χ2n) is 3.93. The molecule has 0 atom stereocenters. The van der Waals surface area contributed by atoms with E-state index in [1.165, 1.54) is 32.9 Å². The van der Waals surface area contributed by atoms with Crippen LogP contribution in [0.4, 0.5) is 5.69 Å². The van der Waals surface area contributed by atoms with Crippen LogP contribution in [0.2, 0.25) is 0 Å². The van der Waals surface area contributed by atoms with Crippen LogP contribution in [0, 0.1) is 13.8 Å². The zero-order valence-corrected chi connectivity index (χ0v) is 9.61. The molecule has 2 nitrogen and oxygen atoms in total. The highest BCUT2D eigenvalue weighted by Crippen LogP contribution is 2.40. The molecule has 2 aromatic rings. The Bertz CT molecular complexity index is 528. The van der Waals surface area contributed by atoms with Crippen molar-refractivity contribution in [2.75, 3.05) is 5.32 Å². The maximum absolute atomic E-state index is 4.48. The molecule has 0 saturated heterocycles. The molecular formula is C12H12N2S.